The highest BCUT2D eigenvalue weighted by atomic mass is 35.5. The zero-order valence-electron chi connectivity index (χ0n) is 20.9. The third-order valence-electron chi connectivity index (χ3n) is 7.53. The Kier molecular flexibility index (Phi) is 6.15. The van der Waals surface area contributed by atoms with Gasteiger partial charge >= 0.3 is 0 Å². The van der Waals surface area contributed by atoms with Crippen LogP contribution in [0.25, 0.3) is 16.8 Å². The van der Waals surface area contributed by atoms with Gasteiger partial charge in [0.05, 0.1) is 17.4 Å². The SMILES string of the molecule is Cc1nc2c(-c3c(F)cc(Cl)cc3F)cc([C@H]3CCO[C@@H](c4ccc(=O)n(C5CC5)c4)C3)nn2c(=O)c1C. The Morgan fingerprint density at radius 2 is 1.79 bits per heavy atom. The molecule has 0 unspecified atom stereocenters. The fraction of sp³-hybridized carbons (Fsp3) is 0.357. The second kappa shape index (κ2) is 9.39. The number of ether oxygens (including phenoxy) is 1. The van der Waals surface area contributed by atoms with Gasteiger partial charge in [0.1, 0.15) is 11.6 Å². The normalized spacial score (nSPS) is 19.7. The summed E-state index contributed by atoms with van der Waals surface area (Å²) < 4.78 is 39.2. The molecule has 1 aromatic carbocycles. The van der Waals surface area contributed by atoms with Crippen LogP contribution in [0.3, 0.4) is 0 Å². The van der Waals surface area contributed by atoms with Crippen molar-refractivity contribution in [2.75, 3.05) is 6.61 Å². The van der Waals surface area contributed by atoms with Crippen molar-refractivity contribution >= 4 is 17.2 Å². The van der Waals surface area contributed by atoms with E-state index in [0.717, 1.165) is 35.1 Å². The average molecular weight is 539 g/mol. The van der Waals surface area contributed by atoms with Crippen LogP contribution in [-0.4, -0.2) is 25.8 Å². The van der Waals surface area contributed by atoms with E-state index in [-0.39, 0.29) is 45.4 Å². The summed E-state index contributed by atoms with van der Waals surface area (Å²) in [6.07, 6.45) is 4.68. The molecule has 0 spiro atoms. The van der Waals surface area contributed by atoms with Crippen molar-refractivity contribution in [3.05, 3.63) is 96.4 Å². The van der Waals surface area contributed by atoms with Crippen LogP contribution in [0, 0.1) is 25.5 Å². The van der Waals surface area contributed by atoms with E-state index in [4.69, 9.17) is 16.3 Å². The van der Waals surface area contributed by atoms with E-state index < -0.39 is 17.2 Å². The first kappa shape index (κ1) is 24.9. The molecule has 10 heteroatoms. The zero-order chi connectivity index (χ0) is 26.7. The van der Waals surface area contributed by atoms with Crippen molar-refractivity contribution in [3.63, 3.8) is 0 Å². The van der Waals surface area contributed by atoms with E-state index in [0.29, 0.717) is 36.4 Å². The van der Waals surface area contributed by atoms with E-state index in [1.807, 2.05) is 6.20 Å². The Morgan fingerprint density at radius 1 is 1.05 bits per heavy atom. The summed E-state index contributed by atoms with van der Waals surface area (Å²) in [4.78, 5) is 30.0. The van der Waals surface area contributed by atoms with Crippen LogP contribution in [0.4, 0.5) is 8.78 Å². The Hall–Kier alpha value is -3.43. The highest BCUT2D eigenvalue weighted by Crippen LogP contribution is 2.40. The third-order valence-corrected chi connectivity index (χ3v) is 7.75. The number of aryl methyl sites for hydroxylation is 1. The minimum atomic E-state index is -0.853. The largest absolute Gasteiger partial charge is 0.373 e. The van der Waals surface area contributed by atoms with Crippen LogP contribution in [0.5, 0.6) is 0 Å². The van der Waals surface area contributed by atoms with E-state index >= 15 is 8.78 Å². The first-order valence-electron chi connectivity index (χ1n) is 12.6. The summed E-state index contributed by atoms with van der Waals surface area (Å²) in [6, 6.07) is 7.28. The fourth-order valence-electron chi connectivity index (χ4n) is 5.15. The molecule has 1 saturated heterocycles. The van der Waals surface area contributed by atoms with Crippen molar-refractivity contribution in [1.82, 2.24) is 19.2 Å². The molecular formula is C28H25ClF2N4O3. The molecule has 196 valence electrons. The quantitative estimate of drug-likeness (QED) is 0.346. The summed E-state index contributed by atoms with van der Waals surface area (Å²) in [7, 11) is 0. The molecule has 2 aliphatic rings. The van der Waals surface area contributed by atoms with Crippen LogP contribution < -0.4 is 11.1 Å². The van der Waals surface area contributed by atoms with Gasteiger partial charge in [-0.2, -0.15) is 9.61 Å². The molecule has 1 aliphatic carbocycles. The van der Waals surface area contributed by atoms with Gasteiger partial charge in [-0.05, 0) is 69.4 Å². The first-order valence-corrected chi connectivity index (χ1v) is 13.0. The predicted octanol–water partition coefficient (Wildman–Crippen LogP) is 5.44. The Morgan fingerprint density at radius 3 is 2.50 bits per heavy atom. The molecular weight excluding hydrogens is 514 g/mol. The maximum Gasteiger partial charge on any atom is 0.277 e. The van der Waals surface area contributed by atoms with Gasteiger partial charge in [-0.25, -0.2) is 13.8 Å². The molecule has 6 rings (SSSR count). The molecule has 0 N–H and O–H groups in total. The van der Waals surface area contributed by atoms with Gasteiger partial charge in [0.2, 0.25) is 0 Å². The van der Waals surface area contributed by atoms with Crippen LogP contribution in [-0.2, 0) is 4.74 Å². The molecule has 3 aromatic heterocycles. The first-order chi connectivity index (χ1) is 18.2. The van der Waals surface area contributed by atoms with Crippen molar-refractivity contribution in [1.29, 1.82) is 0 Å². The average Bonchev–Trinajstić information content (AvgIpc) is 3.73. The van der Waals surface area contributed by atoms with Crippen LogP contribution >= 0.6 is 11.6 Å². The minimum Gasteiger partial charge on any atom is -0.373 e. The van der Waals surface area contributed by atoms with Gasteiger partial charge in [-0.15, -0.1) is 0 Å². The monoisotopic (exact) mass is 538 g/mol. The van der Waals surface area contributed by atoms with Gasteiger partial charge in [-0.3, -0.25) is 9.59 Å². The van der Waals surface area contributed by atoms with Crippen molar-refractivity contribution in [2.45, 2.75) is 57.6 Å². The lowest BCUT2D eigenvalue weighted by atomic mass is 9.88. The van der Waals surface area contributed by atoms with Crippen molar-refractivity contribution in [3.8, 4) is 11.1 Å². The number of rotatable bonds is 4. The molecule has 4 aromatic rings. The molecule has 0 bridgehead atoms. The molecule has 1 saturated carbocycles. The number of fused-ring (bicyclic) bond motifs is 1. The van der Waals surface area contributed by atoms with E-state index in [9.17, 15) is 9.59 Å². The third kappa shape index (κ3) is 4.33. The number of hydrogen-bond acceptors (Lipinski definition) is 5. The minimum absolute atomic E-state index is 0.0333. The lowest BCUT2D eigenvalue weighted by Crippen LogP contribution is -2.26. The smallest absolute Gasteiger partial charge is 0.277 e. The number of aromatic nitrogens is 4. The van der Waals surface area contributed by atoms with Gasteiger partial charge in [0.25, 0.3) is 11.1 Å². The van der Waals surface area contributed by atoms with Gasteiger partial charge in [-0.1, -0.05) is 11.6 Å². The van der Waals surface area contributed by atoms with Crippen molar-refractivity contribution in [2.24, 2.45) is 0 Å². The number of nitrogens with zero attached hydrogens (tertiary/aromatic N) is 4. The van der Waals surface area contributed by atoms with E-state index in [1.54, 1.807) is 36.6 Å². The highest BCUT2D eigenvalue weighted by molar-refractivity contribution is 6.30. The number of halogens is 3. The second-order valence-electron chi connectivity index (χ2n) is 10.1. The Balaban J connectivity index is 1.47. The van der Waals surface area contributed by atoms with E-state index in [1.165, 1.54) is 0 Å². The number of pyridine rings is 1. The summed E-state index contributed by atoms with van der Waals surface area (Å²) in [5.41, 5.74) is 1.72. The second-order valence-corrected chi connectivity index (χ2v) is 10.5. The van der Waals surface area contributed by atoms with Crippen LogP contribution in [0.15, 0.2) is 46.1 Å². The molecule has 0 radical (unpaired) electrons. The van der Waals surface area contributed by atoms with E-state index in [2.05, 4.69) is 10.1 Å². The maximum absolute atomic E-state index is 15.1. The van der Waals surface area contributed by atoms with Crippen molar-refractivity contribution < 1.29 is 13.5 Å². The fourth-order valence-corrected chi connectivity index (χ4v) is 5.35. The molecule has 1 aliphatic heterocycles. The summed E-state index contributed by atoms with van der Waals surface area (Å²) in [6.45, 7) is 3.75. The Bertz CT molecular complexity index is 1690. The standard InChI is InChI=1S/C28H25ClF2N4O3/c1-14-15(2)32-27-20(26-21(30)10-18(29)11-22(26)31)12-23(33-35(27)28(14)37)16-7-8-38-24(9-16)17-3-6-25(36)34(13-17)19-4-5-19/h3,6,10-13,16,19,24H,4-5,7-9H2,1-2H3/t16-,24+/m0/s1. The van der Waals surface area contributed by atoms with Crippen LogP contribution in [0.1, 0.15) is 66.3 Å². The summed E-state index contributed by atoms with van der Waals surface area (Å²) in [5, 5.41) is 4.55. The summed E-state index contributed by atoms with van der Waals surface area (Å²) in [5.74, 6) is -1.87. The molecule has 2 atom stereocenters. The highest BCUT2D eigenvalue weighted by Gasteiger charge is 2.30. The molecule has 2 fully saturated rings. The molecule has 4 heterocycles. The Labute approximate surface area is 221 Å². The lowest BCUT2D eigenvalue weighted by Gasteiger charge is -2.30. The molecule has 7 nitrogen and oxygen atoms in total. The topological polar surface area (TPSA) is 78.5 Å². The zero-order valence-corrected chi connectivity index (χ0v) is 21.6. The lowest BCUT2D eigenvalue weighted by molar-refractivity contribution is 0.00407. The summed E-state index contributed by atoms with van der Waals surface area (Å²) >= 11 is 5.87. The number of benzene rings is 1. The van der Waals surface area contributed by atoms with Gasteiger partial charge < -0.3 is 9.30 Å². The maximum atomic E-state index is 15.1. The van der Waals surface area contributed by atoms with Gasteiger partial charge in [0.15, 0.2) is 5.65 Å². The number of hydrogen-bond donors (Lipinski definition) is 0. The predicted molar refractivity (Wildman–Crippen MR) is 139 cm³/mol. The van der Waals surface area contributed by atoms with Gasteiger partial charge in [0, 0.05) is 52.7 Å². The molecule has 0 amide bonds. The molecule has 38 heavy (non-hydrogen) atoms. The van der Waals surface area contributed by atoms with Crippen LogP contribution in [0.2, 0.25) is 5.02 Å².